The molecule has 0 spiro atoms. The number of hydrogen-bond acceptors (Lipinski definition) is 4. The summed E-state index contributed by atoms with van der Waals surface area (Å²) in [6, 6.07) is 17.4. The van der Waals surface area contributed by atoms with Crippen LogP contribution in [-0.2, 0) is 11.3 Å². The highest BCUT2D eigenvalue weighted by Crippen LogP contribution is 2.32. The van der Waals surface area contributed by atoms with Crippen LogP contribution in [0.3, 0.4) is 0 Å². The van der Waals surface area contributed by atoms with E-state index in [0.29, 0.717) is 18.0 Å². The van der Waals surface area contributed by atoms with Gasteiger partial charge in [-0.1, -0.05) is 34.1 Å². The number of rotatable bonds is 5. The molecule has 0 saturated heterocycles. The van der Waals surface area contributed by atoms with Crippen LogP contribution in [0.4, 0.5) is 0 Å². The minimum Gasteiger partial charge on any atom is -0.481 e. The molecule has 138 valence electrons. The van der Waals surface area contributed by atoms with E-state index in [1.54, 1.807) is 6.92 Å². The van der Waals surface area contributed by atoms with Gasteiger partial charge >= 0.3 is 0 Å². The van der Waals surface area contributed by atoms with Crippen molar-refractivity contribution in [3.8, 4) is 17.2 Å². The first-order valence-corrected chi connectivity index (χ1v) is 9.40. The summed E-state index contributed by atoms with van der Waals surface area (Å²) in [6.07, 6.45) is -0.605. The topological polar surface area (TPSA) is 56.8 Å². The molecule has 4 rings (SSSR count). The summed E-state index contributed by atoms with van der Waals surface area (Å²) in [6.45, 7) is 2.37. The SMILES string of the molecule is CC(Oc1ccc2cc(Br)ccc2c1)C(=O)NCc1ccc2c(c1)OCO2. The lowest BCUT2D eigenvalue weighted by atomic mass is 10.1. The predicted octanol–water partition coefficient (Wildman–Crippen LogP) is 4.41. The molecule has 0 fully saturated rings. The van der Waals surface area contributed by atoms with E-state index >= 15 is 0 Å². The Balaban J connectivity index is 1.37. The van der Waals surface area contributed by atoms with Gasteiger partial charge in [-0.3, -0.25) is 4.79 Å². The highest BCUT2D eigenvalue weighted by molar-refractivity contribution is 9.10. The Labute approximate surface area is 165 Å². The fourth-order valence-corrected chi connectivity index (χ4v) is 3.29. The third-order valence-corrected chi connectivity index (χ3v) is 4.85. The van der Waals surface area contributed by atoms with Crippen LogP contribution in [0.1, 0.15) is 12.5 Å². The Kier molecular flexibility index (Phi) is 4.90. The Morgan fingerprint density at radius 1 is 1.07 bits per heavy atom. The highest BCUT2D eigenvalue weighted by atomic mass is 79.9. The summed E-state index contributed by atoms with van der Waals surface area (Å²) in [5.41, 5.74) is 0.941. The molecular weight excluding hydrogens is 410 g/mol. The first kappa shape index (κ1) is 17.7. The molecule has 1 heterocycles. The van der Waals surface area contributed by atoms with E-state index in [1.807, 2.05) is 54.6 Å². The third kappa shape index (κ3) is 4.01. The first-order chi connectivity index (χ1) is 13.1. The Hall–Kier alpha value is -2.73. The monoisotopic (exact) mass is 427 g/mol. The number of amides is 1. The van der Waals surface area contributed by atoms with E-state index in [9.17, 15) is 4.79 Å². The van der Waals surface area contributed by atoms with Crippen molar-refractivity contribution >= 4 is 32.6 Å². The highest BCUT2D eigenvalue weighted by Gasteiger charge is 2.16. The van der Waals surface area contributed by atoms with Crippen LogP contribution in [0.25, 0.3) is 10.8 Å². The van der Waals surface area contributed by atoms with Gasteiger partial charge in [-0.05, 0) is 59.7 Å². The molecule has 1 N–H and O–H groups in total. The molecule has 0 radical (unpaired) electrons. The number of fused-ring (bicyclic) bond motifs is 2. The average molecular weight is 428 g/mol. The van der Waals surface area contributed by atoms with Gasteiger partial charge in [0.05, 0.1) is 0 Å². The lowest BCUT2D eigenvalue weighted by molar-refractivity contribution is -0.127. The molecule has 1 atom stereocenters. The van der Waals surface area contributed by atoms with Gasteiger partial charge in [0.2, 0.25) is 6.79 Å². The van der Waals surface area contributed by atoms with Gasteiger partial charge in [0.25, 0.3) is 5.91 Å². The van der Waals surface area contributed by atoms with E-state index in [-0.39, 0.29) is 12.7 Å². The number of halogens is 1. The molecule has 5 nitrogen and oxygen atoms in total. The van der Waals surface area contributed by atoms with Crippen LogP contribution in [0.15, 0.2) is 59.1 Å². The normalized spacial score (nSPS) is 13.4. The Bertz CT molecular complexity index is 1000. The molecule has 1 amide bonds. The Morgan fingerprint density at radius 3 is 2.74 bits per heavy atom. The maximum atomic E-state index is 12.4. The van der Waals surface area contributed by atoms with Gasteiger partial charge in [0.1, 0.15) is 5.75 Å². The summed E-state index contributed by atoms with van der Waals surface area (Å²) >= 11 is 3.46. The quantitative estimate of drug-likeness (QED) is 0.654. The van der Waals surface area contributed by atoms with Crippen molar-refractivity contribution < 1.29 is 19.0 Å². The van der Waals surface area contributed by atoms with Gasteiger partial charge in [-0.2, -0.15) is 0 Å². The molecular formula is C21H18BrNO4. The predicted molar refractivity (Wildman–Crippen MR) is 106 cm³/mol. The van der Waals surface area contributed by atoms with E-state index in [4.69, 9.17) is 14.2 Å². The van der Waals surface area contributed by atoms with E-state index in [1.165, 1.54) is 0 Å². The molecule has 1 aliphatic heterocycles. The fourth-order valence-electron chi connectivity index (χ4n) is 2.91. The first-order valence-electron chi connectivity index (χ1n) is 8.61. The second kappa shape index (κ2) is 7.48. The van der Waals surface area contributed by atoms with Crippen molar-refractivity contribution in [2.45, 2.75) is 19.6 Å². The van der Waals surface area contributed by atoms with Crippen LogP contribution in [0.5, 0.6) is 17.2 Å². The minimum atomic E-state index is -0.605. The van der Waals surface area contributed by atoms with Crippen molar-refractivity contribution in [3.63, 3.8) is 0 Å². The van der Waals surface area contributed by atoms with Crippen LogP contribution < -0.4 is 19.5 Å². The standard InChI is InChI=1S/C21H18BrNO4/c1-13(27-18-6-4-15-9-17(22)5-3-16(15)10-18)21(24)23-11-14-2-7-19-20(8-14)26-12-25-19/h2-10,13H,11-12H2,1H3,(H,23,24). The molecule has 6 heteroatoms. The zero-order chi connectivity index (χ0) is 18.8. The number of carbonyl (C=O) groups excluding carboxylic acids is 1. The van der Waals surface area contributed by atoms with Crippen molar-refractivity contribution in [1.29, 1.82) is 0 Å². The zero-order valence-corrected chi connectivity index (χ0v) is 16.3. The number of benzene rings is 3. The average Bonchev–Trinajstić information content (AvgIpc) is 3.14. The summed E-state index contributed by atoms with van der Waals surface area (Å²) < 4.78 is 17.5. The van der Waals surface area contributed by atoms with Crippen molar-refractivity contribution in [3.05, 3.63) is 64.6 Å². The molecule has 27 heavy (non-hydrogen) atoms. The molecule has 0 aliphatic carbocycles. The number of carbonyl (C=O) groups is 1. The van der Waals surface area contributed by atoms with Crippen molar-refractivity contribution in [2.75, 3.05) is 6.79 Å². The summed E-state index contributed by atoms with van der Waals surface area (Å²) in [4.78, 5) is 12.4. The second-order valence-corrected chi connectivity index (χ2v) is 7.23. The van der Waals surface area contributed by atoms with Gasteiger partial charge in [-0.15, -0.1) is 0 Å². The lowest BCUT2D eigenvalue weighted by Gasteiger charge is -2.15. The van der Waals surface area contributed by atoms with Crippen LogP contribution in [-0.4, -0.2) is 18.8 Å². The largest absolute Gasteiger partial charge is 0.481 e. The minimum absolute atomic E-state index is 0.177. The lowest BCUT2D eigenvalue weighted by Crippen LogP contribution is -2.35. The summed E-state index contributed by atoms with van der Waals surface area (Å²) in [5.74, 6) is 1.91. The van der Waals surface area contributed by atoms with Gasteiger partial charge in [-0.25, -0.2) is 0 Å². The molecule has 0 saturated carbocycles. The third-order valence-electron chi connectivity index (χ3n) is 4.36. The van der Waals surface area contributed by atoms with E-state index < -0.39 is 6.10 Å². The van der Waals surface area contributed by atoms with Crippen LogP contribution in [0.2, 0.25) is 0 Å². The molecule has 3 aromatic rings. The van der Waals surface area contributed by atoms with Crippen molar-refractivity contribution in [2.24, 2.45) is 0 Å². The molecule has 3 aromatic carbocycles. The number of ether oxygens (including phenoxy) is 3. The molecule has 0 aromatic heterocycles. The number of nitrogens with one attached hydrogen (secondary N) is 1. The second-order valence-electron chi connectivity index (χ2n) is 6.32. The van der Waals surface area contributed by atoms with Crippen LogP contribution >= 0.6 is 15.9 Å². The molecule has 0 bridgehead atoms. The smallest absolute Gasteiger partial charge is 0.261 e. The molecule has 1 unspecified atom stereocenters. The maximum Gasteiger partial charge on any atom is 0.261 e. The van der Waals surface area contributed by atoms with Gasteiger partial charge in [0.15, 0.2) is 17.6 Å². The van der Waals surface area contributed by atoms with Gasteiger partial charge in [0, 0.05) is 11.0 Å². The summed E-state index contributed by atoms with van der Waals surface area (Å²) in [7, 11) is 0. The zero-order valence-electron chi connectivity index (χ0n) is 14.7. The van der Waals surface area contributed by atoms with E-state index in [2.05, 4.69) is 21.2 Å². The number of hydrogen-bond donors (Lipinski definition) is 1. The van der Waals surface area contributed by atoms with Crippen molar-refractivity contribution in [1.82, 2.24) is 5.32 Å². The van der Waals surface area contributed by atoms with Gasteiger partial charge < -0.3 is 19.5 Å². The van der Waals surface area contributed by atoms with Crippen LogP contribution in [0, 0.1) is 0 Å². The Morgan fingerprint density at radius 2 is 1.85 bits per heavy atom. The maximum absolute atomic E-state index is 12.4. The molecule has 1 aliphatic rings. The van der Waals surface area contributed by atoms with E-state index in [0.717, 1.165) is 26.6 Å². The fraction of sp³-hybridized carbons (Fsp3) is 0.190. The summed E-state index contributed by atoms with van der Waals surface area (Å²) in [5, 5.41) is 5.06.